The lowest BCUT2D eigenvalue weighted by Crippen LogP contribution is -2.32. The Morgan fingerprint density at radius 2 is 1.91 bits per heavy atom. The summed E-state index contributed by atoms with van der Waals surface area (Å²) in [4.78, 5) is 28.1. The first-order valence-electron chi connectivity index (χ1n) is 6.78. The second kappa shape index (κ2) is 7.70. The fraction of sp³-hybridized carbons (Fsp3) is 0.188. The van der Waals surface area contributed by atoms with Gasteiger partial charge in [0.1, 0.15) is 0 Å². The maximum Gasteiger partial charge on any atom is 0.339 e. The van der Waals surface area contributed by atoms with Crippen LogP contribution in [-0.2, 0) is 9.53 Å². The smallest absolute Gasteiger partial charge is 0.339 e. The van der Waals surface area contributed by atoms with Crippen molar-refractivity contribution in [3.63, 3.8) is 0 Å². The number of amides is 1. The molecule has 5 nitrogen and oxygen atoms in total. The second-order valence-electron chi connectivity index (χ2n) is 4.51. The number of halogens is 1. The number of hydrogen-bond donors (Lipinski definition) is 1. The number of aromatic nitrogens is 1. The molecule has 0 aliphatic rings. The van der Waals surface area contributed by atoms with Crippen LogP contribution < -0.4 is 5.32 Å². The molecule has 1 N–H and O–H groups in total. The van der Waals surface area contributed by atoms with E-state index in [1.165, 1.54) is 12.4 Å². The molecule has 1 heterocycles. The highest BCUT2D eigenvalue weighted by Crippen LogP contribution is 2.21. The van der Waals surface area contributed by atoms with Gasteiger partial charge in [-0.15, -0.1) is 0 Å². The minimum atomic E-state index is -0.854. The maximum atomic E-state index is 12.2. The SMILES string of the molecule is CCC(OC(=O)c1ccncc1)C(=O)Nc1ccccc1Br. The summed E-state index contributed by atoms with van der Waals surface area (Å²) in [6.07, 6.45) is 2.53. The van der Waals surface area contributed by atoms with Gasteiger partial charge in [-0.25, -0.2) is 4.79 Å². The zero-order chi connectivity index (χ0) is 15.9. The number of benzene rings is 1. The lowest BCUT2D eigenvalue weighted by atomic mass is 10.2. The van der Waals surface area contributed by atoms with Crippen molar-refractivity contribution < 1.29 is 14.3 Å². The normalized spacial score (nSPS) is 11.5. The summed E-state index contributed by atoms with van der Waals surface area (Å²) in [5.41, 5.74) is 0.994. The zero-order valence-corrected chi connectivity index (χ0v) is 13.5. The van der Waals surface area contributed by atoms with Gasteiger partial charge >= 0.3 is 5.97 Å². The molecule has 1 aromatic heterocycles. The highest BCUT2D eigenvalue weighted by atomic mass is 79.9. The summed E-state index contributed by atoms with van der Waals surface area (Å²) < 4.78 is 6.03. The fourth-order valence-corrected chi connectivity index (χ4v) is 2.17. The van der Waals surface area contributed by atoms with Crippen molar-refractivity contribution in [1.29, 1.82) is 0 Å². The summed E-state index contributed by atoms with van der Waals surface area (Å²) in [6.45, 7) is 1.78. The van der Waals surface area contributed by atoms with Crippen molar-refractivity contribution in [3.8, 4) is 0 Å². The first-order chi connectivity index (χ1) is 10.6. The van der Waals surface area contributed by atoms with Crippen LogP contribution in [0.1, 0.15) is 23.7 Å². The Morgan fingerprint density at radius 1 is 1.23 bits per heavy atom. The van der Waals surface area contributed by atoms with E-state index in [1.54, 1.807) is 25.1 Å². The molecular formula is C16H15BrN2O3. The molecule has 0 saturated heterocycles. The molecular weight excluding hydrogens is 348 g/mol. The van der Waals surface area contributed by atoms with Crippen molar-refractivity contribution in [1.82, 2.24) is 4.98 Å². The van der Waals surface area contributed by atoms with E-state index in [0.29, 0.717) is 17.7 Å². The Bertz CT molecular complexity index is 661. The number of pyridine rings is 1. The topological polar surface area (TPSA) is 68.3 Å². The van der Waals surface area contributed by atoms with Gasteiger partial charge in [-0.2, -0.15) is 0 Å². The average Bonchev–Trinajstić information content (AvgIpc) is 2.55. The summed E-state index contributed by atoms with van der Waals surface area (Å²) in [6, 6.07) is 10.3. The van der Waals surface area contributed by atoms with Crippen LogP contribution in [0.2, 0.25) is 0 Å². The highest BCUT2D eigenvalue weighted by molar-refractivity contribution is 9.10. The van der Waals surface area contributed by atoms with Crippen LogP contribution in [0.5, 0.6) is 0 Å². The third kappa shape index (κ3) is 4.14. The molecule has 1 amide bonds. The van der Waals surface area contributed by atoms with Gasteiger partial charge in [-0.05, 0) is 46.6 Å². The predicted molar refractivity (Wildman–Crippen MR) is 86.5 cm³/mol. The number of anilines is 1. The molecule has 1 aromatic carbocycles. The molecule has 1 atom stereocenters. The largest absolute Gasteiger partial charge is 0.449 e. The third-order valence-corrected chi connectivity index (χ3v) is 3.65. The van der Waals surface area contributed by atoms with E-state index in [-0.39, 0.29) is 5.91 Å². The lowest BCUT2D eigenvalue weighted by Gasteiger charge is -2.16. The van der Waals surface area contributed by atoms with Gasteiger partial charge in [-0.3, -0.25) is 9.78 Å². The Balaban J connectivity index is 2.03. The number of esters is 1. The summed E-state index contributed by atoms with van der Waals surface area (Å²) in [7, 11) is 0. The van der Waals surface area contributed by atoms with E-state index in [0.717, 1.165) is 4.47 Å². The van der Waals surface area contributed by atoms with Gasteiger partial charge in [-0.1, -0.05) is 19.1 Å². The van der Waals surface area contributed by atoms with E-state index >= 15 is 0 Å². The van der Waals surface area contributed by atoms with Crippen LogP contribution in [0.15, 0.2) is 53.3 Å². The molecule has 2 aromatic rings. The number of rotatable bonds is 5. The van der Waals surface area contributed by atoms with E-state index in [2.05, 4.69) is 26.2 Å². The molecule has 0 saturated carbocycles. The quantitative estimate of drug-likeness (QED) is 0.827. The standard InChI is InChI=1S/C16H15BrN2O3/c1-2-14(22-16(21)11-7-9-18-10-8-11)15(20)19-13-6-4-3-5-12(13)17/h3-10,14H,2H2,1H3,(H,19,20). The second-order valence-corrected chi connectivity index (χ2v) is 5.36. The molecule has 6 heteroatoms. The number of hydrogen-bond acceptors (Lipinski definition) is 4. The van der Waals surface area contributed by atoms with Crippen LogP contribution >= 0.6 is 15.9 Å². The Labute approximate surface area is 136 Å². The van der Waals surface area contributed by atoms with Crippen molar-refractivity contribution >= 4 is 33.5 Å². The van der Waals surface area contributed by atoms with Crippen LogP contribution in [0.25, 0.3) is 0 Å². The van der Waals surface area contributed by atoms with Crippen molar-refractivity contribution in [2.45, 2.75) is 19.4 Å². The van der Waals surface area contributed by atoms with Crippen LogP contribution in [0, 0.1) is 0 Å². The molecule has 0 aliphatic carbocycles. The molecule has 1 unspecified atom stereocenters. The highest BCUT2D eigenvalue weighted by Gasteiger charge is 2.22. The van der Waals surface area contributed by atoms with Gasteiger partial charge in [0.2, 0.25) is 0 Å². The fourth-order valence-electron chi connectivity index (χ4n) is 1.78. The maximum absolute atomic E-state index is 12.2. The van der Waals surface area contributed by atoms with Gasteiger partial charge in [0.25, 0.3) is 5.91 Å². The lowest BCUT2D eigenvalue weighted by molar-refractivity contribution is -0.124. The minimum absolute atomic E-state index is 0.363. The first kappa shape index (κ1) is 16.2. The van der Waals surface area contributed by atoms with E-state index in [1.807, 2.05) is 18.2 Å². The molecule has 22 heavy (non-hydrogen) atoms. The Kier molecular flexibility index (Phi) is 5.66. The minimum Gasteiger partial charge on any atom is -0.449 e. The Morgan fingerprint density at radius 3 is 2.55 bits per heavy atom. The summed E-state index contributed by atoms with van der Waals surface area (Å²) >= 11 is 3.35. The molecule has 0 radical (unpaired) electrons. The van der Waals surface area contributed by atoms with Gasteiger partial charge in [0.15, 0.2) is 6.10 Å². The van der Waals surface area contributed by atoms with Gasteiger partial charge < -0.3 is 10.1 Å². The summed E-state index contributed by atoms with van der Waals surface area (Å²) in [5.74, 6) is -0.909. The molecule has 0 bridgehead atoms. The van der Waals surface area contributed by atoms with Gasteiger partial charge in [0.05, 0.1) is 11.3 Å². The molecule has 0 spiro atoms. The van der Waals surface area contributed by atoms with E-state index in [9.17, 15) is 9.59 Å². The number of nitrogens with zero attached hydrogens (tertiary/aromatic N) is 1. The molecule has 114 valence electrons. The van der Waals surface area contributed by atoms with Crippen molar-refractivity contribution in [2.24, 2.45) is 0 Å². The van der Waals surface area contributed by atoms with Crippen molar-refractivity contribution in [3.05, 3.63) is 58.8 Å². The van der Waals surface area contributed by atoms with Crippen molar-refractivity contribution in [2.75, 3.05) is 5.32 Å². The van der Waals surface area contributed by atoms with Crippen LogP contribution in [0.3, 0.4) is 0 Å². The predicted octanol–water partition coefficient (Wildman–Crippen LogP) is 3.42. The number of ether oxygens (including phenoxy) is 1. The number of nitrogens with one attached hydrogen (secondary N) is 1. The third-order valence-electron chi connectivity index (χ3n) is 2.96. The molecule has 2 rings (SSSR count). The number of para-hydroxylation sites is 1. The molecule has 0 aliphatic heterocycles. The van der Waals surface area contributed by atoms with E-state index in [4.69, 9.17) is 4.74 Å². The molecule has 0 fully saturated rings. The monoisotopic (exact) mass is 362 g/mol. The first-order valence-corrected chi connectivity index (χ1v) is 7.57. The number of carbonyl (C=O) groups excluding carboxylic acids is 2. The van der Waals surface area contributed by atoms with Crippen LogP contribution in [0.4, 0.5) is 5.69 Å². The Hall–Kier alpha value is -2.21. The zero-order valence-electron chi connectivity index (χ0n) is 12.0. The summed E-state index contributed by atoms with van der Waals surface area (Å²) in [5, 5.41) is 2.74. The van der Waals surface area contributed by atoms with E-state index < -0.39 is 12.1 Å². The van der Waals surface area contributed by atoms with Gasteiger partial charge in [0, 0.05) is 16.9 Å². The average molecular weight is 363 g/mol. The number of carbonyl (C=O) groups is 2. The van der Waals surface area contributed by atoms with Crippen LogP contribution in [-0.4, -0.2) is 23.0 Å².